The Bertz CT molecular complexity index is 811. The molecule has 0 radical (unpaired) electrons. The zero-order valence-corrected chi connectivity index (χ0v) is 15.8. The molecule has 27 heavy (non-hydrogen) atoms. The van der Waals surface area contributed by atoms with Crippen LogP contribution >= 0.6 is 0 Å². The maximum Gasteiger partial charge on any atom is 0.318 e. The van der Waals surface area contributed by atoms with Crippen LogP contribution in [0.3, 0.4) is 0 Å². The molecule has 2 fully saturated rings. The summed E-state index contributed by atoms with van der Waals surface area (Å²) < 4.78 is 0. The summed E-state index contributed by atoms with van der Waals surface area (Å²) in [5.74, 6) is 0.848. The number of aromatic hydroxyl groups is 1. The Morgan fingerprint density at radius 1 is 1.04 bits per heavy atom. The number of carbonyl (C=O) groups is 1. The van der Waals surface area contributed by atoms with E-state index >= 15 is 0 Å². The lowest BCUT2D eigenvalue weighted by Gasteiger charge is -2.37. The fourth-order valence-electron chi connectivity index (χ4n) is 3.92. The van der Waals surface area contributed by atoms with Gasteiger partial charge in [-0.2, -0.15) is 0 Å². The van der Waals surface area contributed by atoms with Crippen molar-refractivity contribution in [3.05, 3.63) is 59.7 Å². The van der Waals surface area contributed by atoms with Gasteiger partial charge in [0.2, 0.25) is 0 Å². The molecule has 0 aromatic heterocycles. The Kier molecular flexibility index (Phi) is 4.92. The number of hydrogen-bond acceptors (Lipinski definition) is 3. The van der Waals surface area contributed by atoms with Crippen LogP contribution < -0.4 is 10.2 Å². The molecule has 1 saturated carbocycles. The molecule has 5 heteroatoms. The van der Waals surface area contributed by atoms with Crippen molar-refractivity contribution in [1.82, 2.24) is 10.2 Å². The number of piperazine rings is 1. The Morgan fingerprint density at radius 2 is 1.70 bits per heavy atom. The second kappa shape index (κ2) is 7.51. The molecule has 1 heterocycles. The number of carbonyl (C=O) groups excluding carboxylic acids is 1. The van der Waals surface area contributed by atoms with Gasteiger partial charge in [-0.05, 0) is 48.9 Å². The molecule has 0 spiro atoms. The number of nitrogens with zero attached hydrogens (tertiary/aromatic N) is 2. The first kappa shape index (κ1) is 17.7. The number of benzene rings is 2. The van der Waals surface area contributed by atoms with Gasteiger partial charge in [-0.15, -0.1) is 0 Å². The summed E-state index contributed by atoms with van der Waals surface area (Å²) in [6.07, 6.45) is 2.36. The minimum atomic E-state index is 0.0205. The zero-order chi connectivity index (χ0) is 18.8. The molecule has 2 N–H and O–H groups in total. The van der Waals surface area contributed by atoms with Gasteiger partial charge in [-0.1, -0.05) is 36.4 Å². The average Bonchev–Trinajstić information content (AvgIpc) is 3.52. The SMILES string of the molecule is Cc1ccccc1C(NC(=O)N1CCN(c2ccccc2O)CC1)C1CC1. The van der Waals surface area contributed by atoms with Crippen molar-refractivity contribution >= 4 is 11.7 Å². The third-order valence-corrected chi connectivity index (χ3v) is 5.69. The number of phenols is 1. The predicted octanol–water partition coefficient (Wildman–Crippen LogP) is 3.68. The molecule has 1 saturated heterocycles. The predicted molar refractivity (Wildman–Crippen MR) is 107 cm³/mol. The highest BCUT2D eigenvalue weighted by atomic mass is 16.3. The number of rotatable bonds is 4. The van der Waals surface area contributed by atoms with E-state index in [-0.39, 0.29) is 12.1 Å². The van der Waals surface area contributed by atoms with Gasteiger partial charge in [-0.3, -0.25) is 0 Å². The van der Waals surface area contributed by atoms with E-state index in [1.165, 1.54) is 24.0 Å². The van der Waals surface area contributed by atoms with Gasteiger partial charge in [-0.25, -0.2) is 4.79 Å². The summed E-state index contributed by atoms with van der Waals surface area (Å²) in [4.78, 5) is 16.9. The van der Waals surface area contributed by atoms with Crippen LogP contribution in [-0.4, -0.2) is 42.2 Å². The Hall–Kier alpha value is -2.69. The van der Waals surface area contributed by atoms with Crippen molar-refractivity contribution in [2.24, 2.45) is 5.92 Å². The standard InChI is InChI=1S/C22H27N3O2/c1-16-6-2-3-7-18(16)21(17-10-11-17)23-22(27)25-14-12-24(13-15-25)19-8-4-5-9-20(19)26/h2-9,17,21,26H,10-15H2,1H3,(H,23,27). The Labute approximate surface area is 160 Å². The van der Waals surface area contributed by atoms with E-state index in [2.05, 4.69) is 35.3 Å². The lowest BCUT2D eigenvalue weighted by Crippen LogP contribution is -2.52. The molecule has 4 rings (SSSR count). The van der Waals surface area contributed by atoms with E-state index in [9.17, 15) is 9.90 Å². The number of aryl methyl sites for hydroxylation is 1. The van der Waals surface area contributed by atoms with Crippen LogP contribution in [0.5, 0.6) is 5.75 Å². The van der Waals surface area contributed by atoms with Gasteiger partial charge >= 0.3 is 6.03 Å². The molecule has 2 amide bonds. The molecule has 2 aliphatic rings. The third-order valence-electron chi connectivity index (χ3n) is 5.69. The Morgan fingerprint density at radius 3 is 2.37 bits per heavy atom. The molecule has 1 aliphatic heterocycles. The molecule has 5 nitrogen and oxygen atoms in total. The summed E-state index contributed by atoms with van der Waals surface area (Å²) in [5, 5.41) is 13.3. The summed E-state index contributed by atoms with van der Waals surface area (Å²) >= 11 is 0. The molecular formula is C22H27N3O2. The highest BCUT2D eigenvalue weighted by molar-refractivity contribution is 5.75. The van der Waals surface area contributed by atoms with Crippen molar-refractivity contribution in [3.8, 4) is 5.75 Å². The fraction of sp³-hybridized carbons (Fsp3) is 0.409. The first-order valence-electron chi connectivity index (χ1n) is 9.77. The van der Waals surface area contributed by atoms with E-state index in [1.54, 1.807) is 6.07 Å². The maximum atomic E-state index is 12.9. The van der Waals surface area contributed by atoms with E-state index in [0.717, 1.165) is 18.8 Å². The number of para-hydroxylation sites is 2. The molecule has 1 atom stereocenters. The van der Waals surface area contributed by atoms with E-state index in [4.69, 9.17) is 0 Å². The van der Waals surface area contributed by atoms with Crippen molar-refractivity contribution in [2.45, 2.75) is 25.8 Å². The van der Waals surface area contributed by atoms with Crippen LogP contribution in [0.4, 0.5) is 10.5 Å². The molecule has 0 bridgehead atoms. The molecule has 1 aliphatic carbocycles. The highest BCUT2D eigenvalue weighted by Gasteiger charge is 2.35. The van der Waals surface area contributed by atoms with Crippen LogP contribution in [0.1, 0.15) is 30.0 Å². The van der Waals surface area contributed by atoms with Gasteiger partial charge in [0.15, 0.2) is 0 Å². The Balaban J connectivity index is 1.39. The van der Waals surface area contributed by atoms with Crippen LogP contribution in [0.15, 0.2) is 48.5 Å². The lowest BCUT2D eigenvalue weighted by molar-refractivity contribution is 0.188. The van der Waals surface area contributed by atoms with Crippen molar-refractivity contribution in [2.75, 3.05) is 31.1 Å². The number of anilines is 1. The second-order valence-corrected chi connectivity index (χ2v) is 7.58. The number of hydrogen-bond donors (Lipinski definition) is 2. The number of urea groups is 1. The minimum Gasteiger partial charge on any atom is -0.506 e. The minimum absolute atomic E-state index is 0.0205. The van der Waals surface area contributed by atoms with Crippen molar-refractivity contribution < 1.29 is 9.90 Å². The zero-order valence-electron chi connectivity index (χ0n) is 15.8. The second-order valence-electron chi connectivity index (χ2n) is 7.58. The van der Waals surface area contributed by atoms with Crippen LogP contribution in [0.2, 0.25) is 0 Å². The average molecular weight is 365 g/mol. The van der Waals surface area contributed by atoms with Crippen LogP contribution in [0.25, 0.3) is 0 Å². The smallest absolute Gasteiger partial charge is 0.318 e. The third kappa shape index (κ3) is 3.87. The number of nitrogens with one attached hydrogen (secondary N) is 1. The monoisotopic (exact) mass is 365 g/mol. The maximum absolute atomic E-state index is 12.9. The lowest BCUT2D eigenvalue weighted by atomic mass is 9.98. The summed E-state index contributed by atoms with van der Waals surface area (Å²) in [7, 11) is 0. The molecule has 1 unspecified atom stereocenters. The first-order chi connectivity index (χ1) is 13.1. The van der Waals surface area contributed by atoms with E-state index < -0.39 is 0 Å². The largest absolute Gasteiger partial charge is 0.506 e. The van der Waals surface area contributed by atoms with E-state index in [1.807, 2.05) is 29.2 Å². The molecule has 2 aromatic carbocycles. The quantitative estimate of drug-likeness (QED) is 0.869. The van der Waals surface area contributed by atoms with Crippen molar-refractivity contribution in [1.29, 1.82) is 0 Å². The highest BCUT2D eigenvalue weighted by Crippen LogP contribution is 2.42. The topological polar surface area (TPSA) is 55.8 Å². The van der Waals surface area contributed by atoms with Gasteiger partial charge in [0, 0.05) is 26.2 Å². The van der Waals surface area contributed by atoms with E-state index in [0.29, 0.717) is 24.8 Å². The normalized spacial score (nSPS) is 18.3. The number of amides is 2. The fourth-order valence-corrected chi connectivity index (χ4v) is 3.92. The molecule has 2 aromatic rings. The van der Waals surface area contributed by atoms with Gasteiger partial charge in [0.05, 0.1) is 11.7 Å². The van der Waals surface area contributed by atoms with Gasteiger partial charge < -0.3 is 20.2 Å². The number of phenolic OH excluding ortho intramolecular Hbond substituents is 1. The molecular weight excluding hydrogens is 338 g/mol. The summed E-state index contributed by atoms with van der Waals surface area (Å²) in [5.41, 5.74) is 3.31. The molecule has 142 valence electrons. The summed E-state index contributed by atoms with van der Waals surface area (Å²) in [6, 6.07) is 15.8. The van der Waals surface area contributed by atoms with Crippen LogP contribution in [-0.2, 0) is 0 Å². The van der Waals surface area contributed by atoms with Gasteiger partial charge in [0.1, 0.15) is 5.75 Å². The summed E-state index contributed by atoms with van der Waals surface area (Å²) in [6.45, 7) is 4.88. The van der Waals surface area contributed by atoms with Gasteiger partial charge in [0.25, 0.3) is 0 Å². The first-order valence-corrected chi connectivity index (χ1v) is 9.77. The van der Waals surface area contributed by atoms with Crippen LogP contribution in [0, 0.1) is 12.8 Å². The van der Waals surface area contributed by atoms with Crippen molar-refractivity contribution in [3.63, 3.8) is 0 Å².